The number of rotatable bonds is 16. The second-order valence-corrected chi connectivity index (χ2v) is 16.8. The maximum atomic E-state index is 12.1. The van der Waals surface area contributed by atoms with Crippen LogP contribution in [0.3, 0.4) is 0 Å². The van der Waals surface area contributed by atoms with Gasteiger partial charge in [-0.05, 0) is 56.0 Å². The molecule has 2 aliphatic rings. The zero-order chi connectivity index (χ0) is 35.5. The number of benzene rings is 2. The van der Waals surface area contributed by atoms with Gasteiger partial charge in [-0.25, -0.2) is 0 Å². The van der Waals surface area contributed by atoms with E-state index in [1.807, 2.05) is 41.9 Å². The van der Waals surface area contributed by atoms with Gasteiger partial charge in [-0.15, -0.1) is 0 Å². The largest absolute Gasteiger partial charge is 0.481 e. The van der Waals surface area contributed by atoms with E-state index in [4.69, 9.17) is 33.3 Å². The Bertz CT molecular complexity index is 1930. The third kappa shape index (κ3) is 8.83. The van der Waals surface area contributed by atoms with Crippen LogP contribution in [0.2, 0.25) is 10.0 Å². The van der Waals surface area contributed by atoms with Gasteiger partial charge >= 0.3 is 5.97 Å². The summed E-state index contributed by atoms with van der Waals surface area (Å²) in [4.78, 5) is 15.6. The summed E-state index contributed by atoms with van der Waals surface area (Å²) in [5.74, 6) is -1.25. The second kappa shape index (κ2) is 14.9. The molecule has 0 saturated carbocycles. The molecule has 2 aromatic rings. The molecule has 2 heterocycles. The monoisotopic (exact) mass is 739 g/mol. The average molecular weight is 741 g/mol. The van der Waals surface area contributed by atoms with Gasteiger partial charge in [0.05, 0.1) is 26.8 Å². The van der Waals surface area contributed by atoms with Crippen LogP contribution in [0.1, 0.15) is 83.3 Å². The van der Waals surface area contributed by atoms with Crippen molar-refractivity contribution in [2.75, 3.05) is 12.3 Å². The normalized spacial score (nSPS) is 18.9. The Morgan fingerprint density at radius 2 is 1.67 bits per heavy atom. The van der Waals surface area contributed by atoms with Crippen molar-refractivity contribution in [3.8, 4) is 0 Å². The zero-order valence-corrected chi connectivity index (χ0v) is 30.3. The van der Waals surface area contributed by atoms with E-state index in [0.717, 1.165) is 28.4 Å². The van der Waals surface area contributed by atoms with Crippen LogP contribution < -0.4 is 0 Å². The first kappa shape index (κ1) is 37.9. The van der Waals surface area contributed by atoms with Gasteiger partial charge in [-0.3, -0.25) is 18.9 Å². The van der Waals surface area contributed by atoms with Crippen molar-refractivity contribution in [1.82, 2.24) is 0 Å². The Morgan fingerprint density at radius 1 is 0.938 bits per heavy atom. The van der Waals surface area contributed by atoms with Crippen LogP contribution in [-0.2, 0) is 35.9 Å². The van der Waals surface area contributed by atoms with Crippen LogP contribution in [0, 0.1) is 0 Å². The van der Waals surface area contributed by atoms with Gasteiger partial charge in [0.25, 0.3) is 20.2 Å². The highest BCUT2D eigenvalue weighted by molar-refractivity contribution is 7.86. The van der Waals surface area contributed by atoms with Gasteiger partial charge in [-0.2, -0.15) is 21.4 Å². The zero-order valence-electron chi connectivity index (χ0n) is 27.1. The van der Waals surface area contributed by atoms with Crippen molar-refractivity contribution in [2.45, 2.75) is 87.9 Å². The number of nitrogens with zero attached hydrogens (tertiary/aromatic N) is 2. The highest BCUT2D eigenvalue weighted by Crippen LogP contribution is 2.47. The first-order chi connectivity index (χ1) is 22.3. The number of allylic oxidation sites excluding steroid dienone is 4. The van der Waals surface area contributed by atoms with E-state index in [9.17, 15) is 30.7 Å². The molecule has 0 radical (unpaired) electrons. The van der Waals surface area contributed by atoms with Crippen LogP contribution in [0.25, 0.3) is 0 Å². The molecule has 3 N–H and O–H groups in total. The third-order valence-electron chi connectivity index (χ3n) is 9.09. The van der Waals surface area contributed by atoms with Crippen molar-refractivity contribution < 1.29 is 40.4 Å². The molecule has 0 bridgehead atoms. The Labute approximate surface area is 292 Å². The summed E-state index contributed by atoms with van der Waals surface area (Å²) in [7, 11) is -8.62. The van der Waals surface area contributed by atoms with Crippen molar-refractivity contribution in [1.29, 1.82) is 0 Å². The second-order valence-electron chi connectivity index (χ2n) is 12.9. The summed E-state index contributed by atoms with van der Waals surface area (Å²) in [6.45, 7) is 6.52. The molecule has 14 heteroatoms. The molecule has 1 unspecified atom stereocenters. The van der Waals surface area contributed by atoms with Gasteiger partial charge in [0.1, 0.15) is 6.54 Å². The minimum atomic E-state index is -4.50. The van der Waals surface area contributed by atoms with E-state index in [1.54, 1.807) is 12.1 Å². The summed E-state index contributed by atoms with van der Waals surface area (Å²) in [6, 6.07) is 8.00. The number of carbonyl (C=O) groups is 1. The number of carboxylic acids is 1. The fraction of sp³-hybridized carbons (Fsp3) is 0.441. The van der Waals surface area contributed by atoms with E-state index >= 15 is 0 Å². The molecule has 0 spiro atoms. The molecular weight excluding hydrogens is 699 g/mol. The van der Waals surface area contributed by atoms with Crippen LogP contribution in [0.15, 0.2) is 64.5 Å². The molecule has 0 amide bonds. The lowest BCUT2D eigenvalue weighted by Gasteiger charge is -2.23. The molecule has 260 valence electrons. The molecule has 4 rings (SSSR count). The Kier molecular flexibility index (Phi) is 11.8. The number of carboxylic acid groups (broad SMARTS) is 1. The number of hydrogen-bond donors (Lipinski definition) is 3. The molecule has 2 aromatic carbocycles. The van der Waals surface area contributed by atoms with Gasteiger partial charge in [-0.1, -0.05) is 68.1 Å². The lowest BCUT2D eigenvalue weighted by Crippen LogP contribution is -2.31. The molecule has 0 aromatic heterocycles. The van der Waals surface area contributed by atoms with Crippen LogP contribution in [-0.4, -0.2) is 65.3 Å². The summed E-state index contributed by atoms with van der Waals surface area (Å²) >= 11 is 12.7. The minimum Gasteiger partial charge on any atom is -0.481 e. The first-order valence-electron chi connectivity index (χ1n) is 15.7. The number of aliphatic imine (C=N–C) groups is 1. The summed E-state index contributed by atoms with van der Waals surface area (Å²) in [5, 5.41) is 10.1. The standard InChI is InChI=1S/C34H40Cl2N2O8S2/c1-33(2)26-20-23(35)21-27(36)32(26)37-29(33)12-6-4-7-13-30-34(3,17-9-5-8-14-31(39)40)25-22-24(48(44,45)46)15-16-28(25)38(30)18-10-11-19-47(41,42)43/h4,6-7,13,15-16,20-22H,5,8-12,14,17-19H2,1-3H3,(H2-,39,40,41,42,43,44,45,46)/p+1. The lowest BCUT2D eigenvalue weighted by atomic mass is 9.75. The summed E-state index contributed by atoms with van der Waals surface area (Å²) < 4.78 is 68.1. The number of unbranched alkanes of at least 4 members (excludes halogenated alkanes) is 3. The molecule has 48 heavy (non-hydrogen) atoms. The molecule has 1 atom stereocenters. The SMILES string of the molecule is CC1(C)C(CC=CC=CC2=[N+](CCCCS(=O)(=O)O)c3ccc(S(=O)(=O)O)cc3C2(C)CCCCCC(=O)O)=Nc2c(Cl)cc(Cl)cc21. The predicted molar refractivity (Wildman–Crippen MR) is 189 cm³/mol. The Morgan fingerprint density at radius 3 is 2.33 bits per heavy atom. The third-order valence-corrected chi connectivity index (χ3v) is 11.3. The van der Waals surface area contributed by atoms with E-state index in [0.29, 0.717) is 60.7 Å². The van der Waals surface area contributed by atoms with Crippen LogP contribution in [0.4, 0.5) is 11.4 Å². The van der Waals surface area contributed by atoms with Gasteiger partial charge in [0.2, 0.25) is 5.69 Å². The maximum Gasteiger partial charge on any atom is 0.303 e. The molecule has 0 saturated heterocycles. The quantitative estimate of drug-likeness (QED) is 0.0678. The van der Waals surface area contributed by atoms with E-state index in [-0.39, 0.29) is 28.9 Å². The van der Waals surface area contributed by atoms with E-state index in [2.05, 4.69) is 13.8 Å². The van der Waals surface area contributed by atoms with Crippen molar-refractivity contribution >= 4 is 72.2 Å². The fourth-order valence-corrected chi connectivity index (χ4v) is 8.09. The van der Waals surface area contributed by atoms with Gasteiger partial charge < -0.3 is 5.11 Å². The van der Waals surface area contributed by atoms with E-state index < -0.39 is 31.6 Å². The highest BCUT2D eigenvalue weighted by atomic mass is 35.5. The molecule has 0 fully saturated rings. The topological polar surface area (TPSA) is 161 Å². The first-order valence-corrected chi connectivity index (χ1v) is 19.5. The minimum absolute atomic E-state index is 0.0494. The Balaban J connectivity index is 1.66. The van der Waals surface area contributed by atoms with Crippen molar-refractivity contribution in [3.05, 3.63) is 75.8 Å². The van der Waals surface area contributed by atoms with Crippen molar-refractivity contribution in [2.24, 2.45) is 4.99 Å². The Hall–Kier alpha value is -2.87. The van der Waals surface area contributed by atoms with Gasteiger partial charge in [0.15, 0.2) is 5.71 Å². The fourth-order valence-electron chi connectivity index (χ4n) is 6.47. The summed E-state index contributed by atoms with van der Waals surface area (Å²) in [5.41, 5.74) is 3.77. The maximum absolute atomic E-state index is 12.1. The number of aliphatic carboxylic acids is 1. The van der Waals surface area contributed by atoms with Crippen LogP contribution >= 0.6 is 23.2 Å². The molecular formula is C34H41Cl2N2O8S2+. The number of halogens is 2. The number of hydrogen-bond acceptors (Lipinski definition) is 6. The molecule has 2 aliphatic heterocycles. The highest BCUT2D eigenvalue weighted by Gasteiger charge is 2.47. The predicted octanol–water partition coefficient (Wildman–Crippen LogP) is 7.87. The molecule has 0 aliphatic carbocycles. The average Bonchev–Trinajstić information content (AvgIpc) is 3.36. The van der Waals surface area contributed by atoms with E-state index in [1.165, 1.54) is 12.1 Å². The molecule has 10 nitrogen and oxygen atoms in total. The number of fused-ring (bicyclic) bond motifs is 2. The smallest absolute Gasteiger partial charge is 0.303 e. The van der Waals surface area contributed by atoms with Crippen LogP contribution in [0.5, 0.6) is 0 Å². The van der Waals surface area contributed by atoms with Gasteiger partial charge in [0, 0.05) is 53.1 Å². The summed E-state index contributed by atoms with van der Waals surface area (Å²) in [6.07, 6.45) is 11.3. The van der Waals surface area contributed by atoms with Crippen molar-refractivity contribution in [3.63, 3.8) is 0 Å². The lowest BCUT2D eigenvalue weighted by molar-refractivity contribution is -0.438.